The molecule has 0 aromatic rings. The molecule has 0 bridgehead atoms. The maximum Gasteiger partial charge on any atom is 0.223 e. The van der Waals surface area contributed by atoms with Crippen LogP contribution in [0.15, 0.2) is 0 Å². The van der Waals surface area contributed by atoms with Gasteiger partial charge in [0.25, 0.3) is 0 Å². The lowest BCUT2D eigenvalue weighted by molar-refractivity contribution is -0.133. The summed E-state index contributed by atoms with van der Waals surface area (Å²) in [4.78, 5) is 15.8. The summed E-state index contributed by atoms with van der Waals surface area (Å²) in [5.41, 5.74) is 5.64. The molecule has 1 atom stereocenters. The third kappa shape index (κ3) is 4.18. The fraction of sp³-hybridized carbons (Fsp3) is 0.909. The van der Waals surface area contributed by atoms with Gasteiger partial charge in [-0.25, -0.2) is 0 Å². The van der Waals surface area contributed by atoms with Crippen LogP contribution in [-0.2, 0) is 4.79 Å². The summed E-state index contributed by atoms with van der Waals surface area (Å²) in [6.07, 6.45) is 2.91. The number of rotatable bonds is 4. The van der Waals surface area contributed by atoms with E-state index in [-0.39, 0.29) is 5.91 Å². The van der Waals surface area contributed by atoms with E-state index in [0.29, 0.717) is 18.9 Å². The molecule has 1 heterocycles. The highest BCUT2D eigenvalue weighted by atomic mass is 16.2. The van der Waals surface area contributed by atoms with E-state index in [9.17, 15) is 4.79 Å². The van der Waals surface area contributed by atoms with Crippen molar-refractivity contribution in [1.29, 1.82) is 0 Å². The summed E-state index contributed by atoms with van der Waals surface area (Å²) < 4.78 is 0. The summed E-state index contributed by atoms with van der Waals surface area (Å²) in [5.74, 6) is 0.795. The molecule has 4 nitrogen and oxygen atoms in total. The molecular weight excluding hydrogens is 190 g/mol. The second-order valence-corrected chi connectivity index (χ2v) is 4.64. The fourth-order valence-electron chi connectivity index (χ4n) is 1.96. The Labute approximate surface area is 92.4 Å². The number of nitrogens with zero attached hydrogens (tertiary/aromatic N) is 2. The topological polar surface area (TPSA) is 49.6 Å². The van der Waals surface area contributed by atoms with Gasteiger partial charge in [0, 0.05) is 26.1 Å². The van der Waals surface area contributed by atoms with Crippen LogP contribution in [0.3, 0.4) is 0 Å². The van der Waals surface area contributed by atoms with Crippen molar-refractivity contribution in [3.8, 4) is 0 Å². The summed E-state index contributed by atoms with van der Waals surface area (Å²) in [7, 11) is 3.98. The number of hydrogen-bond acceptors (Lipinski definition) is 3. The first kappa shape index (κ1) is 12.5. The maximum atomic E-state index is 11.8. The molecule has 1 rings (SSSR count). The van der Waals surface area contributed by atoms with Crippen LogP contribution in [0.5, 0.6) is 0 Å². The number of nitrogens with two attached hydrogens (primary N) is 1. The van der Waals surface area contributed by atoms with Crippen molar-refractivity contribution < 1.29 is 4.79 Å². The van der Waals surface area contributed by atoms with E-state index in [2.05, 4.69) is 0 Å². The molecule has 1 amide bonds. The van der Waals surface area contributed by atoms with Crippen LogP contribution in [0, 0.1) is 5.92 Å². The highest BCUT2D eigenvalue weighted by Gasteiger charge is 2.22. The molecule has 88 valence electrons. The first-order valence-electron chi connectivity index (χ1n) is 5.76. The molecule has 0 aromatic heterocycles. The third-order valence-corrected chi connectivity index (χ3v) is 2.98. The van der Waals surface area contributed by atoms with Gasteiger partial charge in [0.1, 0.15) is 0 Å². The van der Waals surface area contributed by atoms with Gasteiger partial charge in [-0.2, -0.15) is 0 Å². The van der Waals surface area contributed by atoms with Crippen LogP contribution in [0.4, 0.5) is 0 Å². The predicted octanol–water partition coefficient (Wildman–Crippen LogP) is 0.135. The van der Waals surface area contributed by atoms with Crippen molar-refractivity contribution in [2.24, 2.45) is 11.7 Å². The summed E-state index contributed by atoms with van der Waals surface area (Å²) in [6, 6.07) is 0. The average Bonchev–Trinajstić information content (AvgIpc) is 2.26. The van der Waals surface area contributed by atoms with E-state index in [4.69, 9.17) is 5.73 Å². The van der Waals surface area contributed by atoms with Gasteiger partial charge in [0.15, 0.2) is 0 Å². The number of amides is 1. The molecule has 2 N–H and O–H groups in total. The zero-order valence-corrected chi connectivity index (χ0v) is 9.91. The highest BCUT2D eigenvalue weighted by molar-refractivity contribution is 5.76. The van der Waals surface area contributed by atoms with Crippen LogP contribution < -0.4 is 5.73 Å². The van der Waals surface area contributed by atoms with E-state index in [1.54, 1.807) is 0 Å². The third-order valence-electron chi connectivity index (χ3n) is 2.98. The van der Waals surface area contributed by atoms with E-state index >= 15 is 0 Å². The average molecular weight is 213 g/mol. The summed E-state index contributed by atoms with van der Waals surface area (Å²) in [5, 5.41) is 0. The van der Waals surface area contributed by atoms with Crippen molar-refractivity contribution in [2.45, 2.75) is 19.3 Å². The minimum Gasteiger partial charge on any atom is -0.342 e. The maximum absolute atomic E-state index is 11.8. The molecule has 0 saturated carbocycles. The number of hydrogen-bond donors (Lipinski definition) is 1. The number of likely N-dealkylation sites (tertiary alicyclic amines) is 1. The first-order chi connectivity index (χ1) is 7.13. The number of piperidine rings is 1. The Kier molecular flexibility index (Phi) is 5.05. The predicted molar refractivity (Wildman–Crippen MR) is 61.5 cm³/mol. The fourth-order valence-corrected chi connectivity index (χ4v) is 1.96. The largest absolute Gasteiger partial charge is 0.342 e. The smallest absolute Gasteiger partial charge is 0.223 e. The van der Waals surface area contributed by atoms with E-state index in [0.717, 1.165) is 26.1 Å². The molecule has 1 unspecified atom stereocenters. The Hall–Kier alpha value is -0.610. The molecule has 0 aliphatic carbocycles. The normalized spacial score (nSPS) is 22.1. The quantitative estimate of drug-likeness (QED) is 0.722. The van der Waals surface area contributed by atoms with Crippen molar-refractivity contribution in [2.75, 3.05) is 40.3 Å². The van der Waals surface area contributed by atoms with Crippen LogP contribution in [0.2, 0.25) is 0 Å². The van der Waals surface area contributed by atoms with Crippen LogP contribution in [0.1, 0.15) is 19.3 Å². The summed E-state index contributed by atoms with van der Waals surface area (Å²) >= 11 is 0. The van der Waals surface area contributed by atoms with Gasteiger partial charge >= 0.3 is 0 Å². The van der Waals surface area contributed by atoms with Crippen molar-refractivity contribution in [3.63, 3.8) is 0 Å². The van der Waals surface area contributed by atoms with Crippen LogP contribution >= 0.6 is 0 Å². The van der Waals surface area contributed by atoms with E-state index in [1.165, 1.54) is 6.42 Å². The molecule has 1 saturated heterocycles. The zero-order chi connectivity index (χ0) is 11.3. The van der Waals surface area contributed by atoms with E-state index < -0.39 is 0 Å². The zero-order valence-electron chi connectivity index (χ0n) is 9.91. The van der Waals surface area contributed by atoms with Gasteiger partial charge < -0.3 is 15.5 Å². The van der Waals surface area contributed by atoms with Gasteiger partial charge in [-0.3, -0.25) is 4.79 Å². The number of carbonyl (C=O) groups is 1. The van der Waals surface area contributed by atoms with Crippen molar-refractivity contribution >= 4 is 5.91 Å². The van der Waals surface area contributed by atoms with Crippen LogP contribution in [-0.4, -0.2) is 56.0 Å². The minimum absolute atomic E-state index is 0.279. The van der Waals surface area contributed by atoms with Gasteiger partial charge in [0.2, 0.25) is 5.91 Å². The standard InChI is InChI=1S/C11H23N3O/c1-13(2)7-5-11(15)14-6-3-4-10(8-12)9-14/h10H,3-9,12H2,1-2H3. The second kappa shape index (κ2) is 6.08. The Morgan fingerprint density at radius 2 is 2.27 bits per heavy atom. The SMILES string of the molecule is CN(C)CCC(=O)N1CCCC(CN)C1. The van der Waals surface area contributed by atoms with Gasteiger partial charge in [-0.15, -0.1) is 0 Å². The Morgan fingerprint density at radius 1 is 1.53 bits per heavy atom. The molecular formula is C11H23N3O. The van der Waals surface area contributed by atoms with Gasteiger partial charge in [-0.05, 0) is 39.4 Å². The van der Waals surface area contributed by atoms with E-state index in [1.807, 2.05) is 23.9 Å². The van der Waals surface area contributed by atoms with Crippen molar-refractivity contribution in [3.05, 3.63) is 0 Å². The van der Waals surface area contributed by atoms with Gasteiger partial charge in [0.05, 0.1) is 0 Å². The van der Waals surface area contributed by atoms with Crippen molar-refractivity contribution in [1.82, 2.24) is 9.80 Å². The summed E-state index contributed by atoms with van der Waals surface area (Å²) in [6.45, 7) is 3.33. The molecule has 0 radical (unpaired) electrons. The molecule has 0 spiro atoms. The lowest BCUT2D eigenvalue weighted by Gasteiger charge is -2.32. The number of carbonyl (C=O) groups excluding carboxylic acids is 1. The lowest BCUT2D eigenvalue weighted by Crippen LogP contribution is -2.42. The molecule has 1 fully saturated rings. The molecule has 1 aliphatic rings. The minimum atomic E-state index is 0.279. The van der Waals surface area contributed by atoms with Crippen LogP contribution in [0.25, 0.3) is 0 Å². The first-order valence-corrected chi connectivity index (χ1v) is 5.76. The molecule has 0 aromatic carbocycles. The molecule has 4 heteroatoms. The second-order valence-electron chi connectivity index (χ2n) is 4.64. The van der Waals surface area contributed by atoms with Gasteiger partial charge in [-0.1, -0.05) is 0 Å². The highest BCUT2D eigenvalue weighted by Crippen LogP contribution is 2.15. The Morgan fingerprint density at radius 3 is 2.87 bits per heavy atom. The Balaban J connectivity index is 2.32. The molecule has 15 heavy (non-hydrogen) atoms. The monoisotopic (exact) mass is 213 g/mol. The molecule has 1 aliphatic heterocycles. The lowest BCUT2D eigenvalue weighted by atomic mass is 9.98. The Bertz CT molecular complexity index is 206.